The molecule has 1 aliphatic heterocycles. The molecule has 8 heteroatoms. The van der Waals surface area contributed by atoms with E-state index >= 15 is 0 Å². The first-order valence-electron chi connectivity index (χ1n) is 8.12. The normalized spacial score (nSPS) is 15.6. The van der Waals surface area contributed by atoms with E-state index in [2.05, 4.69) is 26.0 Å². The van der Waals surface area contributed by atoms with Crippen LogP contribution in [0.4, 0.5) is 5.69 Å². The van der Waals surface area contributed by atoms with Crippen molar-refractivity contribution in [3.05, 3.63) is 73.5 Å². The first-order valence-corrected chi connectivity index (χ1v) is 9.73. The summed E-state index contributed by atoms with van der Waals surface area (Å²) in [6.45, 7) is 0. The maximum Gasteiger partial charge on any atom is 0.291 e. The van der Waals surface area contributed by atoms with Crippen LogP contribution >= 0.6 is 27.3 Å². The molecule has 0 bridgehead atoms. The molecule has 0 N–H and O–H groups in total. The first-order chi connectivity index (χ1) is 13.0. The van der Waals surface area contributed by atoms with Gasteiger partial charge in [0.15, 0.2) is 5.82 Å². The summed E-state index contributed by atoms with van der Waals surface area (Å²) in [6.07, 6.45) is 0. The van der Waals surface area contributed by atoms with E-state index in [1.807, 2.05) is 48.5 Å². The first kappa shape index (κ1) is 16.3. The standard InChI is InChI=1S/C19H11BrN4O2S/c1-23-13-8-7-11(20)9-12(13)14(17(23)25)15-18(26)24-19(27-15)21-16(22-24)10-5-3-2-4-6-10/h2-9H,1H3/b15-14-. The lowest BCUT2D eigenvalue weighted by Crippen LogP contribution is -2.30. The van der Waals surface area contributed by atoms with Gasteiger partial charge in [-0.25, -0.2) is 0 Å². The zero-order chi connectivity index (χ0) is 18.7. The molecule has 27 heavy (non-hydrogen) atoms. The summed E-state index contributed by atoms with van der Waals surface area (Å²) < 4.78 is 2.48. The van der Waals surface area contributed by atoms with Crippen molar-refractivity contribution in [2.45, 2.75) is 0 Å². The number of fused-ring (bicyclic) bond motifs is 2. The molecule has 0 saturated carbocycles. The van der Waals surface area contributed by atoms with Crippen LogP contribution < -0.4 is 15.0 Å². The van der Waals surface area contributed by atoms with Gasteiger partial charge in [-0.05, 0) is 18.2 Å². The topological polar surface area (TPSA) is 67.6 Å². The zero-order valence-corrected chi connectivity index (χ0v) is 16.4. The van der Waals surface area contributed by atoms with Crippen molar-refractivity contribution in [2.24, 2.45) is 0 Å². The molecule has 0 spiro atoms. The van der Waals surface area contributed by atoms with Gasteiger partial charge in [0.25, 0.3) is 11.5 Å². The van der Waals surface area contributed by atoms with Crippen molar-refractivity contribution in [2.75, 3.05) is 11.9 Å². The summed E-state index contributed by atoms with van der Waals surface area (Å²) >= 11 is 4.63. The Morgan fingerprint density at radius 3 is 2.59 bits per heavy atom. The smallest absolute Gasteiger partial charge is 0.291 e. The van der Waals surface area contributed by atoms with Crippen molar-refractivity contribution in [3.63, 3.8) is 0 Å². The van der Waals surface area contributed by atoms with Gasteiger partial charge in [-0.1, -0.05) is 57.6 Å². The van der Waals surface area contributed by atoms with Gasteiger partial charge in [0.2, 0.25) is 4.96 Å². The fourth-order valence-electron chi connectivity index (χ4n) is 3.21. The number of hydrogen-bond acceptors (Lipinski definition) is 5. The van der Waals surface area contributed by atoms with Crippen molar-refractivity contribution < 1.29 is 4.79 Å². The summed E-state index contributed by atoms with van der Waals surface area (Å²) in [4.78, 5) is 32.3. The molecular formula is C19H11BrN4O2S. The van der Waals surface area contributed by atoms with Crippen LogP contribution in [-0.4, -0.2) is 27.6 Å². The lowest BCUT2D eigenvalue weighted by molar-refractivity contribution is -0.112. The van der Waals surface area contributed by atoms with Gasteiger partial charge in [-0.15, -0.1) is 5.10 Å². The molecule has 3 heterocycles. The molecule has 1 amide bonds. The minimum atomic E-state index is -0.325. The van der Waals surface area contributed by atoms with Gasteiger partial charge in [-0.2, -0.15) is 9.50 Å². The van der Waals surface area contributed by atoms with Crippen LogP contribution in [0.15, 0.2) is 57.8 Å². The Hall–Kier alpha value is -2.84. The average molecular weight is 439 g/mol. The molecule has 0 fully saturated rings. The molecule has 4 aromatic rings. The largest absolute Gasteiger partial charge is 0.311 e. The number of thiazole rings is 1. The highest BCUT2D eigenvalue weighted by Gasteiger charge is 2.32. The average Bonchev–Trinajstić information content (AvgIpc) is 3.29. The van der Waals surface area contributed by atoms with Crippen LogP contribution in [0.1, 0.15) is 5.56 Å². The van der Waals surface area contributed by atoms with E-state index < -0.39 is 0 Å². The van der Waals surface area contributed by atoms with Crippen molar-refractivity contribution in [3.8, 4) is 11.4 Å². The number of carbonyl (C=O) groups excluding carboxylic acids is 1. The molecule has 0 unspecified atom stereocenters. The number of carbonyl (C=O) groups is 1. The minimum absolute atomic E-state index is 0.201. The second kappa shape index (κ2) is 5.83. The van der Waals surface area contributed by atoms with Crippen LogP contribution in [0.5, 0.6) is 0 Å². The molecule has 0 radical (unpaired) electrons. The van der Waals surface area contributed by atoms with E-state index in [0.717, 1.165) is 21.3 Å². The van der Waals surface area contributed by atoms with Crippen molar-refractivity contribution in [1.82, 2.24) is 14.6 Å². The molecular weight excluding hydrogens is 428 g/mol. The molecule has 5 rings (SSSR count). The van der Waals surface area contributed by atoms with Crippen LogP contribution in [0, 0.1) is 0 Å². The predicted octanol–water partition coefficient (Wildman–Crippen LogP) is 2.47. The number of amides is 1. The third-order valence-electron chi connectivity index (χ3n) is 4.52. The molecule has 1 aliphatic rings. The van der Waals surface area contributed by atoms with E-state index in [1.165, 1.54) is 15.9 Å². The molecule has 132 valence electrons. The van der Waals surface area contributed by atoms with Gasteiger partial charge in [0, 0.05) is 22.6 Å². The van der Waals surface area contributed by atoms with Crippen LogP contribution in [0.25, 0.3) is 21.9 Å². The van der Waals surface area contributed by atoms with E-state index in [-0.39, 0.29) is 11.5 Å². The fourth-order valence-corrected chi connectivity index (χ4v) is 4.57. The van der Waals surface area contributed by atoms with Gasteiger partial charge in [-0.3, -0.25) is 9.59 Å². The van der Waals surface area contributed by atoms with Gasteiger partial charge < -0.3 is 4.90 Å². The minimum Gasteiger partial charge on any atom is -0.311 e. The van der Waals surface area contributed by atoms with Crippen molar-refractivity contribution >= 4 is 49.4 Å². The highest BCUT2D eigenvalue weighted by Crippen LogP contribution is 2.36. The quantitative estimate of drug-likeness (QED) is 0.457. The van der Waals surface area contributed by atoms with Crippen LogP contribution in [-0.2, 0) is 4.79 Å². The molecule has 0 atom stereocenters. The van der Waals surface area contributed by atoms with Crippen molar-refractivity contribution in [1.29, 1.82) is 0 Å². The predicted molar refractivity (Wildman–Crippen MR) is 108 cm³/mol. The Balaban J connectivity index is 1.78. The number of anilines is 1. The summed E-state index contributed by atoms with van der Waals surface area (Å²) in [5, 5.41) is 4.35. The number of hydrogen-bond donors (Lipinski definition) is 0. The summed E-state index contributed by atoms with van der Waals surface area (Å²) in [5.41, 5.74) is 2.43. The number of benzene rings is 2. The Bertz CT molecular complexity index is 1340. The summed E-state index contributed by atoms with van der Waals surface area (Å²) in [5.74, 6) is 0.293. The maximum absolute atomic E-state index is 13.0. The second-order valence-corrected chi connectivity index (χ2v) is 8.03. The highest BCUT2D eigenvalue weighted by atomic mass is 79.9. The SMILES string of the molecule is CN1C(=O)/C(=c2\sc3nc(-c4ccccc4)nn3c2=O)c2cc(Br)ccc21. The number of nitrogens with zero attached hydrogens (tertiary/aromatic N) is 4. The van der Waals surface area contributed by atoms with E-state index in [9.17, 15) is 9.59 Å². The Kier molecular flexibility index (Phi) is 3.53. The lowest BCUT2D eigenvalue weighted by Gasteiger charge is -2.08. The van der Waals surface area contributed by atoms with Gasteiger partial charge >= 0.3 is 0 Å². The monoisotopic (exact) mass is 438 g/mol. The maximum atomic E-state index is 13.0. The number of rotatable bonds is 1. The molecule has 6 nitrogen and oxygen atoms in total. The third kappa shape index (κ3) is 2.37. The third-order valence-corrected chi connectivity index (χ3v) is 6.05. The second-order valence-electron chi connectivity index (χ2n) is 6.13. The lowest BCUT2D eigenvalue weighted by atomic mass is 10.1. The fraction of sp³-hybridized carbons (Fsp3) is 0.0526. The Morgan fingerprint density at radius 2 is 1.85 bits per heavy atom. The number of aromatic nitrogens is 3. The van der Waals surface area contributed by atoms with E-state index in [4.69, 9.17) is 0 Å². The molecule has 2 aromatic heterocycles. The zero-order valence-electron chi connectivity index (χ0n) is 14.0. The van der Waals surface area contributed by atoms with Gasteiger partial charge in [0.1, 0.15) is 4.53 Å². The summed E-state index contributed by atoms with van der Waals surface area (Å²) in [6, 6.07) is 15.1. The van der Waals surface area contributed by atoms with Gasteiger partial charge in [0.05, 0.1) is 11.3 Å². The molecule has 0 aliphatic carbocycles. The Labute approximate surface area is 165 Å². The Morgan fingerprint density at radius 1 is 1.07 bits per heavy atom. The summed E-state index contributed by atoms with van der Waals surface area (Å²) in [7, 11) is 1.71. The number of likely N-dealkylation sites (N-methyl/N-ethyl adjacent to an activating group) is 1. The van der Waals surface area contributed by atoms with E-state index in [0.29, 0.717) is 20.9 Å². The van der Waals surface area contributed by atoms with Crippen LogP contribution in [0.2, 0.25) is 0 Å². The highest BCUT2D eigenvalue weighted by molar-refractivity contribution is 9.10. The van der Waals surface area contributed by atoms with Crippen LogP contribution in [0.3, 0.4) is 0 Å². The molecule has 0 saturated heterocycles. The molecule has 2 aromatic carbocycles. The van der Waals surface area contributed by atoms with E-state index in [1.54, 1.807) is 11.9 Å². The number of halogens is 1.